The fourth-order valence-corrected chi connectivity index (χ4v) is 4.17. The van der Waals surface area contributed by atoms with Crippen LogP contribution in [0.25, 0.3) is 11.0 Å². The van der Waals surface area contributed by atoms with Crippen LogP contribution in [0.5, 0.6) is 0 Å². The third-order valence-corrected chi connectivity index (χ3v) is 6.27. The van der Waals surface area contributed by atoms with Gasteiger partial charge >= 0.3 is 0 Å². The summed E-state index contributed by atoms with van der Waals surface area (Å²) in [5, 5.41) is 11.3. The van der Waals surface area contributed by atoms with Gasteiger partial charge in [0.2, 0.25) is 11.8 Å². The van der Waals surface area contributed by atoms with Crippen LogP contribution < -0.4 is 5.32 Å². The third kappa shape index (κ3) is 6.58. The van der Waals surface area contributed by atoms with Gasteiger partial charge in [0.1, 0.15) is 23.9 Å². The van der Waals surface area contributed by atoms with Crippen molar-refractivity contribution in [2.24, 2.45) is 5.92 Å². The quantitative estimate of drug-likeness (QED) is 0.338. The predicted molar refractivity (Wildman–Crippen MR) is 141 cm³/mol. The summed E-state index contributed by atoms with van der Waals surface area (Å²) in [6.45, 7) is 6.70. The summed E-state index contributed by atoms with van der Waals surface area (Å²) in [5.41, 5.74) is 3.87. The molecule has 0 unspecified atom stereocenters. The normalized spacial score (nSPS) is 12.0. The maximum Gasteiger partial charge on any atom is 0.247 e. The van der Waals surface area contributed by atoms with E-state index in [-0.39, 0.29) is 30.7 Å². The molecule has 37 heavy (non-hydrogen) atoms. The van der Waals surface area contributed by atoms with Crippen molar-refractivity contribution in [3.63, 3.8) is 0 Å². The number of nitrogens with one attached hydrogen (secondary N) is 1. The highest BCUT2D eigenvalue weighted by Gasteiger charge is 2.32. The van der Waals surface area contributed by atoms with Crippen molar-refractivity contribution in [1.82, 2.24) is 25.2 Å². The zero-order valence-corrected chi connectivity index (χ0v) is 21.4. The van der Waals surface area contributed by atoms with Crippen molar-refractivity contribution in [2.75, 3.05) is 6.54 Å². The summed E-state index contributed by atoms with van der Waals surface area (Å²) in [7, 11) is 0. The van der Waals surface area contributed by atoms with Crippen molar-refractivity contribution in [2.45, 2.75) is 46.3 Å². The molecular formula is C29H32FN5O2. The van der Waals surface area contributed by atoms with Crippen LogP contribution >= 0.6 is 0 Å². The number of para-hydroxylation sites is 1. The molecule has 7 nitrogen and oxygen atoms in total. The van der Waals surface area contributed by atoms with Crippen LogP contribution in [0.1, 0.15) is 43.0 Å². The van der Waals surface area contributed by atoms with Gasteiger partial charge in [-0.3, -0.25) is 9.59 Å². The molecule has 0 fully saturated rings. The molecule has 4 rings (SSSR count). The standard InChI is InChI=1S/C29H32FN5O2/c1-20(2)16-17-31-29(37)28(23-12-8-21(3)9-13-23)34(18-22-10-14-24(30)15-11-22)27(36)19-35-26-7-5-4-6-25(26)32-33-35/h4-15,20,28H,16-19H2,1-3H3,(H,31,37)/t28-/m0/s1. The average Bonchev–Trinajstić information content (AvgIpc) is 3.28. The van der Waals surface area contributed by atoms with Gasteiger partial charge in [0.05, 0.1) is 5.52 Å². The summed E-state index contributed by atoms with van der Waals surface area (Å²) in [6.07, 6.45) is 0.823. The Bertz CT molecular complexity index is 1350. The topological polar surface area (TPSA) is 80.1 Å². The second kappa shape index (κ2) is 11.8. The molecule has 0 bridgehead atoms. The monoisotopic (exact) mass is 501 g/mol. The van der Waals surface area contributed by atoms with Crippen molar-refractivity contribution in [1.29, 1.82) is 0 Å². The van der Waals surface area contributed by atoms with Crippen LogP contribution in [0.4, 0.5) is 4.39 Å². The highest BCUT2D eigenvalue weighted by Crippen LogP contribution is 2.25. The first kappa shape index (κ1) is 26.0. The Labute approximate surface area is 216 Å². The van der Waals surface area contributed by atoms with Gasteiger partial charge < -0.3 is 10.2 Å². The molecule has 192 valence electrons. The van der Waals surface area contributed by atoms with E-state index in [9.17, 15) is 14.0 Å². The SMILES string of the molecule is Cc1ccc([C@@H](C(=O)NCCC(C)C)N(Cc2ccc(F)cc2)C(=O)Cn2nnc3ccccc32)cc1. The zero-order chi connectivity index (χ0) is 26.4. The van der Waals surface area contributed by atoms with Crippen molar-refractivity contribution in [3.05, 3.63) is 95.3 Å². The van der Waals surface area contributed by atoms with Crippen LogP contribution in [0.15, 0.2) is 72.8 Å². The maximum atomic E-state index is 13.9. The molecule has 0 saturated carbocycles. The molecule has 2 amide bonds. The van der Waals surface area contributed by atoms with E-state index in [4.69, 9.17) is 0 Å². The number of amides is 2. The lowest BCUT2D eigenvalue weighted by molar-refractivity contribution is -0.142. The van der Waals surface area contributed by atoms with Crippen LogP contribution in [-0.2, 0) is 22.7 Å². The molecule has 8 heteroatoms. The molecule has 1 heterocycles. The number of benzene rings is 3. The van der Waals surface area contributed by atoms with Crippen LogP contribution in [0.3, 0.4) is 0 Å². The molecule has 1 atom stereocenters. The molecular weight excluding hydrogens is 469 g/mol. The second-order valence-corrected chi connectivity index (χ2v) is 9.67. The fraction of sp³-hybridized carbons (Fsp3) is 0.310. The largest absolute Gasteiger partial charge is 0.354 e. The smallest absolute Gasteiger partial charge is 0.247 e. The highest BCUT2D eigenvalue weighted by molar-refractivity contribution is 5.89. The van der Waals surface area contributed by atoms with Gasteiger partial charge in [0.25, 0.3) is 0 Å². The Balaban J connectivity index is 1.71. The molecule has 1 aromatic heterocycles. The molecule has 4 aromatic rings. The summed E-state index contributed by atoms with van der Waals surface area (Å²) in [4.78, 5) is 29.0. The average molecular weight is 502 g/mol. The first-order valence-electron chi connectivity index (χ1n) is 12.5. The van der Waals surface area contributed by atoms with Gasteiger partial charge in [-0.2, -0.15) is 0 Å². The van der Waals surface area contributed by atoms with Crippen LogP contribution in [0, 0.1) is 18.7 Å². The fourth-order valence-electron chi connectivity index (χ4n) is 4.17. The van der Waals surface area contributed by atoms with E-state index < -0.39 is 6.04 Å². The Morgan fingerprint density at radius 1 is 1.00 bits per heavy atom. The lowest BCUT2D eigenvalue weighted by Crippen LogP contribution is -2.45. The number of carbonyl (C=O) groups excluding carboxylic acids is 2. The number of hydrogen-bond donors (Lipinski definition) is 1. The Kier molecular flexibility index (Phi) is 8.28. The molecule has 0 aliphatic heterocycles. The van der Waals surface area contributed by atoms with E-state index >= 15 is 0 Å². The molecule has 0 spiro atoms. The van der Waals surface area contributed by atoms with E-state index in [0.717, 1.165) is 17.5 Å². The number of nitrogens with zero attached hydrogens (tertiary/aromatic N) is 4. The van der Waals surface area contributed by atoms with Gasteiger partial charge in [-0.1, -0.05) is 73.2 Å². The number of rotatable bonds is 10. The summed E-state index contributed by atoms with van der Waals surface area (Å²) in [5.74, 6) is -0.499. The Morgan fingerprint density at radius 3 is 2.41 bits per heavy atom. The third-order valence-electron chi connectivity index (χ3n) is 6.27. The van der Waals surface area contributed by atoms with E-state index in [1.165, 1.54) is 16.8 Å². The molecule has 0 aliphatic carbocycles. The minimum Gasteiger partial charge on any atom is -0.354 e. The number of hydrogen-bond acceptors (Lipinski definition) is 4. The summed E-state index contributed by atoms with van der Waals surface area (Å²) in [6, 6.07) is 20.1. The molecule has 3 aromatic carbocycles. The van der Waals surface area contributed by atoms with E-state index in [0.29, 0.717) is 29.1 Å². The molecule has 0 aliphatic rings. The van der Waals surface area contributed by atoms with Gasteiger partial charge in [0.15, 0.2) is 0 Å². The van der Waals surface area contributed by atoms with E-state index in [1.54, 1.807) is 17.0 Å². The Morgan fingerprint density at radius 2 is 1.70 bits per heavy atom. The number of fused-ring (bicyclic) bond motifs is 1. The minimum atomic E-state index is -0.875. The number of carbonyl (C=O) groups is 2. The molecule has 1 N–H and O–H groups in total. The predicted octanol–water partition coefficient (Wildman–Crippen LogP) is 4.81. The summed E-state index contributed by atoms with van der Waals surface area (Å²) >= 11 is 0. The second-order valence-electron chi connectivity index (χ2n) is 9.67. The van der Waals surface area contributed by atoms with Gasteiger partial charge in [0, 0.05) is 13.1 Å². The first-order chi connectivity index (χ1) is 17.8. The molecule has 0 saturated heterocycles. The lowest BCUT2D eigenvalue weighted by Gasteiger charge is -2.32. The zero-order valence-electron chi connectivity index (χ0n) is 21.4. The van der Waals surface area contributed by atoms with E-state index in [2.05, 4.69) is 29.5 Å². The number of halogens is 1. The minimum absolute atomic E-state index is 0.0939. The van der Waals surface area contributed by atoms with Crippen LogP contribution in [0.2, 0.25) is 0 Å². The van der Waals surface area contributed by atoms with Crippen molar-refractivity contribution >= 4 is 22.8 Å². The summed E-state index contributed by atoms with van der Waals surface area (Å²) < 4.78 is 15.2. The number of aryl methyl sites for hydroxylation is 1. The van der Waals surface area contributed by atoms with Gasteiger partial charge in [-0.05, 0) is 54.7 Å². The van der Waals surface area contributed by atoms with Crippen molar-refractivity contribution < 1.29 is 14.0 Å². The van der Waals surface area contributed by atoms with Crippen molar-refractivity contribution in [3.8, 4) is 0 Å². The number of aromatic nitrogens is 3. The highest BCUT2D eigenvalue weighted by atomic mass is 19.1. The van der Waals surface area contributed by atoms with Gasteiger partial charge in [-0.15, -0.1) is 5.10 Å². The first-order valence-corrected chi connectivity index (χ1v) is 12.5. The maximum absolute atomic E-state index is 13.9. The lowest BCUT2D eigenvalue weighted by atomic mass is 10.0. The van der Waals surface area contributed by atoms with Crippen LogP contribution in [-0.4, -0.2) is 38.3 Å². The van der Waals surface area contributed by atoms with E-state index in [1.807, 2.05) is 55.5 Å². The molecule has 0 radical (unpaired) electrons. The van der Waals surface area contributed by atoms with Gasteiger partial charge in [-0.25, -0.2) is 9.07 Å². The Hall–Kier alpha value is -4.07.